The van der Waals surface area contributed by atoms with Crippen LogP contribution in [0.2, 0.25) is 0 Å². The van der Waals surface area contributed by atoms with E-state index in [-0.39, 0.29) is 18.2 Å². The summed E-state index contributed by atoms with van der Waals surface area (Å²) in [5.74, 6) is 0.132. The van der Waals surface area contributed by atoms with E-state index in [1.54, 1.807) is 28.2 Å². The van der Waals surface area contributed by atoms with Gasteiger partial charge in [-0.3, -0.25) is 4.79 Å². The summed E-state index contributed by atoms with van der Waals surface area (Å²) >= 11 is 0. The summed E-state index contributed by atoms with van der Waals surface area (Å²) < 4.78 is 27.2. The van der Waals surface area contributed by atoms with Gasteiger partial charge in [0.15, 0.2) is 0 Å². The molecule has 0 atom stereocenters. The molecule has 4 rings (SSSR count). The topological polar surface area (TPSA) is 70.1 Å². The van der Waals surface area contributed by atoms with Crippen molar-refractivity contribution in [3.63, 3.8) is 0 Å². The molecule has 29 heavy (non-hydrogen) atoms. The minimum Gasteiger partial charge on any atom is -0.330 e. The summed E-state index contributed by atoms with van der Waals surface area (Å²) in [5, 5.41) is 0. The Morgan fingerprint density at radius 3 is 2.52 bits per heavy atom. The summed E-state index contributed by atoms with van der Waals surface area (Å²) in [6.07, 6.45) is 4.90. The number of amides is 1. The van der Waals surface area contributed by atoms with Gasteiger partial charge in [0.2, 0.25) is 0 Å². The van der Waals surface area contributed by atoms with Gasteiger partial charge in [-0.05, 0) is 36.8 Å². The highest BCUT2D eigenvalue weighted by molar-refractivity contribution is 7.90. The first-order valence-electron chi connectivity index (χ1n) is 9.33. The zero-order valence-electron chi connectivity index (χ0n) is 16.0. The quantitative estimate of drug-likeness (QED) is 0.781. The number of carbonyl (C=O) groups excluding carboxylic acids is 1. The van der Waals surface area contributed by atoms with Gasteiger partial charge in [-0.1, -0.05) is 48.0 Å². The van der Waals surface area contributed by atoms with Gasteiger partial charge in [0.1, 0.15) is 5.84 Å². The molecule has 0 aliphatic carbocycles. The van der Waals surface area contributed by atoms with E-state index in [0.29, 0.717) is 18.0 Å². The van der Waals surface area contributed by atoms with E-state index in [1.165, 1.54) is 0 Å². The van der Waals surface area contributed by atoms with Crippen LogP contribution in [-0.4, -0.2) is 37.4 Å². The molecule has 0 aromatic heterocycles. The van der Waals surface area contributed by atoms with Gasteiger partial charge < -0.3 is 9.80 Å². The van der Waals surface area contributed by atoms with Crippen LogP contribution in [0, 0.1) is 6.92 Å². The predicted molar refractivity (Wildman–Crippen MR) is 114 cm³/mol. The standard InChI is InChI=1S/C22H21N3O3S/c1-17-7-10-20(11-8-17)25(15-18-5-3-2-4-6-18)22(26)19-9-12-21-23-29(27,28)14-13-24(21)16-19/h2-12,16H,13-15H2,1H3. The molecule has 148 valence electrons. The van der Waals surface area contributed by atoms with Crippen molar-refractivity contribution < 1.29 is 13.2 Å². The maximum absolute atomic E-state index is 13.4. The normalized spacial score (nSPS) is 17.2. The Labute approximate surface area is 170 Å². The first kappa shape index (κ1) is 19.1. The molecule has 0 radical (unpaired) electrons. The Balaban J connectivity index is 1.66. The molecule has 2 aliphatic heterocycles. The second kappa shape index (κ2) is 7.67. The summed E-state index contributed by atoms with van der Waals surface area (Å²) in [6.45, 7) is 2.72. The van der Waals surface area contributed by atoms with Gasteiger partial charge in [0.25, 0.3) is 15.9 Å². The van der Waals surface area contributed by atoms with Crippen molar-refractivity contribution in [3.05, 3.63) is 89.6 Å². The van der Waals surface area contributed by atoms with Crippen LogP contribution in [0.15, 0.2) is 82.9 Å². The second-order valence-corrected chi connectivity index (χ2v) is 8.81. The Morgan fingerprint density at radius 2 is 1.79 bits per heavy atom. The van der Waals surface area contributed by atoms with Gasteiger partial charge in [0.05, 0.1) is 17.9 Å². The van der Waals surface area contributed by atoms with Crippen molar-refractivity contribution in [1.29, 1.82) is 0 Å². The maximum atomic E-state index is 13.4. The van der Waals surface area contributed by atoms with Crippen LogP contribution in [0.25, 0.3) is 0 Å². The summed E-state index contributed by atoms with van der Waals surface area (Å²) in [4.78, 5) is 16.9. The van der Waals surface area contributed by atoms with Crippen molar-refractivity contribution in [2.75, 3.05) is 17.2 Å². The number of carbonyl (C=O) groups is 1. The molecule has 0 unspecified atom stereocenters. The number of benzene rings is 2. The smallest absolute Gasteiger partial charge is 0.260 e. The van der Waals surface area contributed by atoms with Gasteiger partial charge in [-0.15, -0.1) is 4.40 Å². The SMILES string of the molecule is Cc1ccc(N(Cc2ccccc2)C(=O)C2=CN3CCS(=O)(=O)N=C3C=C2)cc1. The third-order valence-corrected chi connectivity index (χ3v) is 6.01. The van der Waals surface area contributed by atoms with Crippen molar-refractivity contribution in [3.8, 4) is 0 Å². The highest BCUT2D eigenvalue weighted by Crippen LogP contribution is 2.23. The van der Waals surface area contributed by atoms with Crippen molar-refractivity contribution in [2.24, 2.45) is 4.40 Å². The molecular formula is C22H21N3O3S. The van der Waals surface area contributed by atoms with Crippen molar-refractivity contribution in [2.45, 2.75) is 13.5 Å². The number of fused-ring (bicyclic) bond motifs is 1. The number of anilines is 1. The van der Waals surface area contributed by atoms with Crippen LogP contribution in [0.5, 0.6) is 0 Å². The number of hydrogen-bond acceptors (Lipinski definition) is 4. The summed E-state index contributed by atoms with van der Waals surface area (Å²) in [5.41, 5.74) is 3.43. The molecule has 1 amide bonds. The van der Waals surface area contributed by atoms with Gasteiger partial charge >= 0.3 is 0 Å². The van der Waals surface area contributed by atoms with Crippen LogP contribution in [0.1, 0.15) is 11.1 Å². The molecule has 0 saturated carbocycles. The number of rotatable bonds is 4. The maximum Gasteiger partial charge on any atom is 0.260 e. The van der Waals surface area contributed by atoms with Gasteiger partial charge in [-0.25, -0.2) is 8.42 Å². The number of aryl methyl sites for hydroxylation is 1. The molecule has 0 saturated heterocycles. The third-order valence-electron chi connectivity index (χ3n) is 4.85. The van der Waals surface area contributed by atoms with E-state index in [9.17, 15) is 13.2 Å². The predicted octanol–water partition coefficient (Wildman–Crippen LogP) is 3.03. The molecule has 2 aromatic rings. The van der Waals surface area contributed by atoms with Gasteiger partial charge in [-0.2, -0.15) is 0 Å². The van der Waals surface area contributed by atoms with E-state index in [1.807, 2.05) is 61.5 Å². The largest absolute Gasteiger partial charge is 0.330 e. The fraction of sp³-hybridized carbons (Fsp3) is 0.182. The first-order chi connectivity index (χ1) is 13.9. The van der Waals surface area contributed by atoms with Gasteiger partial charge in [0, 0.05) is 18.4 Å². The minimum absolute atomic E-state index is 0.0615. The van der Waals surface area contributed by atoms with E-state index >= 15 is 0 Å². The van der Waals surface area contributed by atoms with E-state index in [0.717, 1.165) is 16.8 Å². The Hall–Kier alpha value is -3.19. The summed E-state index contributed by atoms with van der Waals surface area (Å²) in [7, 11) is -3.42. The zero-order chi connectivity index (χ0) is 20.4. The van der Waals surface area contributed by atoms with E-state index < -0.39 is 10.0 Å². The molecule has 6 nitrogen and oxygen atoms in total. The average molecular weight is 407 g/mol. The highest BCUT2D eigenvalue weighted by atomic mass is 32.2. The van der Waals surface area contributed by atoms with E-state index in [4.69, 9.17) is 0 Å². The fourth-order valence-electron chi connectivity index (χ4n) is 3.25. The van der Waals surface area contributed by atoms with Crippen LogP contribution >= 0.6 is 0 Å². The second-order valence-electron chi connectivity index (χ2n) is 7.06. The molecule has 0 fully saturated rings. The van der Waals surface area contributed by atoms with Crippen LogP contribution < -0.4 is 4.90 Å². The Kier molecular flexibility index (Phi) is 5.07. The molecule has 2 aliphatic rings. The van der Waals surface area contributed by atoms with Crippen molar-refractivity contribution in [1.82, 2.24) is 4.90 Å². The molecule has 0 spiro atoms. The summed E-state index contributed by atoms with van der Waals surface area (Å²) in [6, 6.07) is 17.6. The first-order valence-corrected chi connectivity index (χ1v) is 10.9. The van der Waals surface area contributed by atoms with Crippen LogP contribution in [-0.2, 0) is 21.4 Å². The number of amidine groups is 1. The van der Waals surface area contributed by atoms with E-state index in [2.05, 4.69) is 4.40 Å². The lowest BCUT2D eigenvalue weighted by molar-refractivity contribution is -0.115. The fourth-order valence-corrected chi connectivity index (χ4v) is 4.22. The molecule has 0 bridgehead atoms. The monoisotopic (exact) mass is 407 g/mol. The van der Waals surface area contributed by atoms with Crippen LogP contribution in [0.4, 0.5) is 5.69 Å². The number of hydrogen-bond donors (Lipinski definition) is 0. The lowest BCUT2D eigenvalue weighted by Crippen LogP contribution is -2.39. The number of nitrogens with zero attached hydrogens (tertiary/aromatic N) is 3. The Morgan fingerprint density at radius 1 is 1.07 bits per heavy atom. The zero-order valence-corrected chi connectivity index (χ0v) is 16.8. The third kappa shape index (κ3) is 4.30. The Bertz CT molecular complexity index is 1120. The lowest BCUT2D eigenvalue weighted by atomic mass is 10.1. The van der Waals surface area contributed by atoms with Crippen molar-refractivity contribution >= 4 is 27.5 Å². The minimum atomic E-state index is -3.42. The highest BCUT2D eigenvalue weighted by Gasteiger charge is 2.27. The lowest BCUT2D eigenvalue weighted by Gasteiger charge is -2.29. The molecule has 7 heteroatoms. The molecule has 2 aromatic carbocycles. The molecule has 0 N–H and O–H groups in total. The molecule has 2 heterocycles. The molecular weight excluding hydrogens is 386 g/mol. The average Bonchev–Trinajstić information content (AvgIpc) is 2.72. The number of sulfonamides is 1. The van der Waals surface area contributed by atoms with Crippen LogP contribution in [0.3, 0.4) is 0 Å².